The largest absolute Gasteiger partial charge is 0.352 e. The first-order valence-electron chi connectivity index (χ1n) is 7.08. The maximum Gasteiger partial charge on any atom is 0.254 e. The Morgan fingerprint density at radius 1 is 1.04 bits per heavy atom. The van der Waals surface area contributed by atoms with E-state index in [1.54, 1.807) is 0 Å². The number of carbonyl (C=O) groups excluding carboxylic acids is 1. The lowest BCUT2D eigenvalue weighted by Crippen LogP contribution is -2.27. The van der Waals surface area contributed by atoms with Gasteiger partial charge in [0.15, 0.2) is 23.3 Å². The normalized spacial score (nSPS) is 12.0. The van der Waals surface area contributed by atoms with Gasteiger partial charge in [-0.05, 0) is 24.0 Å². The first kappa shape index (κ1) is 17.0. The summed E-state index contributed by atoms with van der Waals surface area (Å²) < 4.78 is 52.6. The van der Waals surface area contributed by atoms with Crippen LogP contribution in [0.2, 0.25) is 0 Å². The van der Waals surface area contributed by atoms with Gasteiger partial charge in [-0.15, -0.1) is 0 Å². The minimum Gasteiger partial charge on any atom is -0.352 e. The molecule has 2 nitrogen and oxygen atoms in total. The van der Waals surface area contributed by atoms with Crippen molar-refractivity contribution in [2.24, 2.45) is 0 Å². The van der Waals surface area contributed by atoms with Gasteiger partial charge in [0, 0.05) is 6.54 Å². The van der Waals surface area contributed by atoms with E-state index in [-0.39, 0.29) is 12.5 Å². The average Bonchev–Trinajstić information content (AvgIpc) is 2.56. The Labute approximate surface area is 131 Å². The van der Waals surface area contributed by atoms with Crippen LogP contribution in [-0.4, -0.2) is 12.5 Å². The van der Waals surface area contributed by atoms with Crippen molar-refractivity contribution in [2.45, 2.75) is 19.3 Å². The maximum atomic E-state index is 13.5. The molecule has 6 heteroatoms. The molecule has 0 aliphatic heterocycles. The predicted octanol–water partition coefficient (Wildman–Crippen LogP) is 4.17. The molecule has 1 amide bonds. The minimum absolute atomic E-state index is 0.142. The summed E-state index contributed by atoms with van der Waals surface area (Å²) in [4.78, 5) is 11.8. The molecule has 122 valence electrons. The maximum absolute atomic E-state index is 13.5. The van der Waals surface area contributed by atoms with Gasteiger partial charge in [-0.3, -0.25) is 4.79 Å². The lowest BCUT2D eigenvalue weighted by molar-refractivity contribution is 0.0946. The second-order valence-corrected chi connectivity index (χ2v) is 5.20. The fourth-order valence-corrected chi connectivity index (χ4v) is 2.18. The summed E-state index contributed by atoms with van der Waals surface area (Å²) in [5, 5.41) is 2.38. The van der Waals surface area contributed by atoms with E-state index in [9.17, 15) is 22.4 Å². The Hall–Kier alpha value is -2.37. The monoisotopic (exact) mass is 325 g/mol. The van der Waals surface area contributed by atoms with Crippen molar-refractivity contribution in [3.63, 3.8) is 0 Å². The topological polar surface area (TPSA) is 29.1 Å². The SMILES string of the molecule is CC(CCNC(=O)c1cc(F)c(F)c(F)c1F)c1ccccc1. The van der Waals surface area contributed by atoms with Crippen LogP contribution in [0.15, 0.2) is 36.4 Å². The number of carbonyl (C=O) groups is 1. The smallest absolute Gasteiger partial charge is 0.254 e. The third-order valence-electron chi connectivity index (χ3n) is 3.58. The van der Waals surface area contributed by atoms with Crippen molar-refractivity contribution >= 4 is 5.91 Å². The van der Waals surface area contributed by atoms with Crippen molar-refractivity contribution in [2.75, 3.05) is 6.54 Å². The van der Waals surface area contributed by atoms with Crippen molar-refractivity contribution in [1.82, 2.24) is 5.32 Å². The predicted molar refractivity (Wildman–Crippen MR) is 78.1 cm³/mol. The van der Waals surface area contributed by atoms with Crippen LogP contribution in [0, 0.1) is 23.3 Å². The quantitative estimate of drug-likeness (QED) is 0.499. The van der Waals surface area contributed by atoms with E-state index in [0.29, 0.717) is 12.5 Å². The van der Waals surface area contributed by atoms with E-state index >= 15 is 0 Å². The second-order valence-electron chi connectivity index (χ2n) is 5.20. The van der Waals surface area contributed by atoms with Gasteiger partial charge >= 0.3 is 0 Å². The molecule has 0 radical (unpaired) electrons. The molecule has 1 N–H and O–H groups in total. The molecule has 0 spiro atoms. The molecule has 23 heavy (non-hydrogen) atoms. The zero-order valence-corrected chi connectivity index (χ0v) is 12.4. The highest BCUT2D eigenvalue weighted by atomic mass is 19.2. The molecular weight excluding hydrogens is 310 g/mol. The number of nitrogens with one attached hydrogen (secondary N) is 1. The molecule has 0 aliphatic carbocycles. The first-order chi connectivity index (χ1) is 10.9. The van der Waals surface area contributed by atoms with Crippen molar-refractivity contribution < 1.29 is 22.4 Å². The highest BCUT2D eigenvalue weighted by Crippen LogP contribution is 2.20. The fourth-order valence-electron chi connectivity index (χ4n) is 2.18. The van der Waals surface area contributed by atoms with Gasteiger partial charge < -0.3 is 5.32 Å². The number of hydrogen-bond donors (Lipinski definition) is 1. The summed E-state index contributed by atoms with van der Waals surface area (Å²) >= 11 is 0. The van der Waals surface area contributed by atoms with Crippen LogP contribution < -0.4 is 5.32 Å². The molecule has 0 bridgehead atoms. The van der Waals surface area contributed by atoms with Crippen LogP contribution in [0.25, 0.3) is 0 Å². The third-order valence-corrected chi connectivity index (χ3v) is 3.58. The Morgan fingerprint density at radius 3 is 2.35 bits per heavy atom. The molecule has 0 aliphatic rings. The lowest BCUT2D eigenvalue weighted by atomic mass is 9.98. The van der Waals surface area contributed by atoms with Crippen LogP contribution >= 0.6 is 0 Å². The summed E-state index contributed by atoms with van der Waals surface area (Å²) in [6.45, 7) is 2.15. The van der Waals surface area contributed by atoms with Crippen LogP contribution in [0.5, 0.6) is 0 Å². The number of benzene rings is 2. The van der Waals surface area contributed by atoms with Gasteiger partial charge in [-0.1, -0.05) is 37.3 Å². The van der Waals surface area contributed by atoms with Gasteiger partial charge in [-0.25, -0.2) is 17.6 Å². The summed E-state index contributed by atoms with van der Waals surface area (Å²) in [7, 11) is 0. The molecule has 2 aromatic carbocycles. The summed E-state index contributed by atoms with van der Waals surface area (Å²) in [5.41, 5.74) is 0.223. The number of amides is 1. The average molecular weight is 325 g/mol. The molecule has 2 aromatic rings. The number of halogens is 4. The lowest BCUT2D eigenvalue weighted by Gasteiger charge is -2.13. The minimum atomic E-state index is -1.99. The summed E-state index contributed by atoms with van der Waals surface area (Å²) in [6, 6.07) is 9.91. The zero-order chi connectivity index (χ0) is 17.0. The van der Waals surface area contributed by atoms with E-state index in [0.717, 1.165) is 5.56 Å². The fraction of sp³-hybridized carbons (Fsp3) is 0.235. The van der Waals surface area contributed by atoms with Gasteiger partial charge in [0.2, 0.25) is 0 Å². The Morgan fingerprint density at radius 2 is 1.70 bits per heavy atom. The first-order valence-corrected chi connectivity index (χ1v) is 7.08. The zero-order valence-electron chi connectivity index (χ0n) is 12.4. The molecule has 0 aromatic heterocycles. The molecule has 0 heterocycles. The van der Waals surface area contributed by atoms with Gasteiger partial charge in [0.25, 0.3) is 5.91 Å². The van der Waals surface area contributed by atoms with E-state index < -0.39 is 34.7 Å². The molecule has 0 saturated carbocycles. The highest BCUT2D eigenvalue weighted by Gasteiger charge is 2.22. The van der Waals surface area contributed by atoms with E-state index in [2.05, 4.69) is 5.32 Å². The van der Waals surface area contributed by atoms with Crippen LogP contribution in [0.4, 0.5) is 17.6 Å². The number of hydrogen-bond acceptors (Lipinski definition) is 1. The van der Waals surface area contributed by atoms with Crippen LogP contribution in [0.1, 0.15) is 35.2 Å². The number of rotatable bonds is 5. The van der Waals surface area contributed by atoms with E-state index in [1.165, 1.54) is 0 Å². The van der Waals surface area contributed by atoms with E-state index in [4.69, 9.17) is 0 Å². The Balaban J connectivity index is 1.98. The van der Waals surface area contributed by atoms with E-state index in [1.807, 2.05) is 37.3 Å². The molecular formula is C17H15F4NO. The molecule has 0 fully saturated rings. The standard InChI is InChI=1S/C17H15F4NO/c1-10(11-5-3-2-4-6-11)7-8-22-17(23)12-9-13(18)15(20)16(21)14(12)19/h2-6,9-10H,7-8H2,1H3,(H,22,23). The van der Waals surface area contributed by atoms with Crippen molar-refractivity contribution in [3.05, 3.63) is 70.8 Å². The van der Waals surface area contributed by atoms with Crippen molar-refractivity contribution in [1.29, 1.82) is 0 Å². The Kier molecular flexibility index (Phi) is 5.36. The van der Waals surface area contributed by atoms with Gasteiger partial charge in [-0.2, -0.15) is 0 Å². The second kappa shape index (κ2) is 7.26. The molecule has 1 unspecified atom stereocenters. The molecule has 0 saturated heterocycles. The molecule has 1 atom stereocenters. The highest BCUT2D eigenvalue weighted by molar-refractivity contribution is 5.94. The van der Waals surface area contributed by atoms with Gasteiger partial charge in [0.1, 0.15) is 0 Å². The van der Waals surface area contributed by atoms with Gasteiger partial charge in [0.05, 0.1) is 5.56 Å². The van der Waals surface area contributed by atoms with Crippen LogP contribution in [0.3, 0.4) is 0 Å². The van der Waals surface area contributed by atoms with Crippen LogP contribution in [-0.2, 0) is 0 Å². The third kappa shape index (κ3) is 3.88. The summed E-state index contributed by atoms with van der Waals surface area (Å²) in [5.74, 6) is -8.07. The Bertz CT molecular complexity index is 703. The summed E-state index contributed by atoms with van der Waals surface area (Å²) in [6.07, 6.45) is 0.559. The van der Waals surface area contributed by atoms with Crippen molar-refractivity contribution in [3.8, 4) is 0 Å². The molecule has 2 rings (SSSR count).